The average Bonchev–Trinajstić information content (AvgIpc) is 3.43. The number of hydrogen-bond acceptors (Lipinski definition) is 7. The number of fused-ring (bicyclic) bond motifs is 4. The van der Waals surface area contributed by atoms with E-state index in [1.807, 2.05) is 6.08 Å². The van der Waals surface area contributed by atoms with Gasteiger partial charge >= 0.3 is 5.97 Å². The molecule has 4 aliphatic rings. The van der Waals surface area contributed by atoms with E-state index >= 15 is 4.79 Å². The average molecular weight is 693 g/mol. The van der Waals surface area contributed by atoms with Crippen LogP contribution in [0.25, 0.3) is 0 Å². The Hall–Kier alpha value is -4.74. The van der Waals surface area contributed by atoms with Crippen LogP contribution in [0.2, 0.25) is 10.0 Å². The van der Waals surface area contributed by atoms with E-state index < -0.39 is 76.8 Å². The van der Waals surface area contributed by atoms with E-state index in [9.17, 15) is 33.8 Å². The van der Waals surface area contributed by atoms with Crippen LogP contribution in [-0.4, -0.2) is 56.3 Å². The van der Waals surface area contributed by atoms with E-state index in [1.54, 1.807) is 24.3 Å². The molecule has 246 valence electrons. The van der Waals surface area contributed by atoms with Crippen LogP contribution < -0.4 is 5.43 Å². The fraction of sp³-hybridized carbons (Fsp3) is 0.286. The molecule has 0 radical (unpaired) electrons. The first kappa shape index (κ1) is 31.8. The molecule has 13 heteroatoms. The van der Waals surface area contributed by atoms with Gasteiger partial charge in [0, 0.05) is 28.1 Å². The van der Waals surface area contributed by atoms with Gasteiger partial charge in [-0.2, -0.15) is 5.01 Å². The number of rotatable bonds is 7. The third-order valence-corrected chi connectivity index (χ3v) is 10.7. The summed E-state index contributed by atoms with van der Waals surface area (Å²) in [6.07, 6.45) is 1.51. The molecule has 2 heterocycles. The first-order valence-electron chi connectivity index (χ1n) is 15.4. The molecular formula is C35H28Cl2FN3O7. The molecule has 3 aromatic carbocycles. The molecule has 1 saturated carbocycles. The summed E-state index contributed by atoms with van der Waals surface area (Å²) in [6, 6.07) is 16.0. The standard InChI is InChI=1S/C35H28Cl2FN3O7/c36-18-3-1-17(2-4-18)35-26(32(46)41(34(35)48)39-21-8-6-20(38)7-9-21)16-24-22(30(35)25-15-19(37)5-12-27(25)42)10-11-23-29(24)33(47)40(31(23)45)14-13-28(43)44/h1-10,12,15,23-24,26,29-30,39,42H,11,13-14,16H2,(H,43,44)/t23-,24+,26-,29-,30+,35+/m0/s1. The summed E-state index contributed by atoms with van der Waals surface area (Å²) in [4.78, 5) is 69.3. The van der Waals surface area contributed by atoms with Crippen molar-refractivity contribution in [2.75, 3.05) is 12.0 Å². The first-order valence-corrected chi connectivity index (χ1v) is 16.1. The largest absolute Gasteiger partial charge is 0.508 e. The van der Waals surface area contributed by atoms with Crippen molar-refractivity contribution in [2.24, 2.45) is 23.7 Å². The number of hydrogen-bond donors (Lipinski definition) is 3. The van der Waals surface area contributed by atoms with Gasteiger partial charge in [-0.05, 0) is 78.9 Å². The summed E-state index contributed by atoms with van der Waals surface area (Å²) < 4.78 is 13.8. The minimum absolute atomic E-state index is 0.00852. The number of hydrazine groups is 1. The van der Waals surface area contributed by atoms with Gasteiger partial charge in [0.2, 0.25) is 11.8 Å². The molecule has 2 saturated heterocycles. The van der Waals surface area contributed by atoms with Gasteiger partial charge in [-0.3, -0.25) is 34.3 Å². The Morgan fingerprint density at radius 3 is 2.29 bits per heavy atom. The summed E-state index contributed by atoms with van der Waals surface area (Å²) >= 11 is 12.8. The van der Waals surface area contributed by atoms with E-state index in [4.69, 9.17) is 23.2 Å². The van der Waals surface area contributed by atoms with Crippen LogP contribution in [0.1, 0.15) is 36.3 Å². The Labute approximate surface area is 283 Å². The number of nitrogens with zero attached hydrogens (tertiary/aromatic N) is 2. The summed E-state index contributed by atoms with van der Waals surface area (Å²) in [5, 5.41) is 22.2. The van der Waals surface area contributed by atoms with Crippen LogP contribution in [-0.2, 0) is 29.4 Å². The fourth-order valence-electron chi connectivity index (χ4n) is 8.25. The van der Waals surface area contributed by atoms with Crippen molar-refractivity contribution >= 4 is 58.5 Å². The maximum atomic E-state index is 15.0. The molecule has 4 amide bonds. The highest BCUT2D eigenvalue weighted by molar-refractivity contribution is 6.31. The number of likely N-dealkylation sites (tertiary alicyclic amines) is 1. The van der Waals surface area contributed by atoms with Gasteiger partial charge in [-0.1, -0.05) is 47.0 Å². The summed E-state index contributed by atoms with van der Waals surface area (Å²) in [5.74, 6) is -8.70. The third-order valence-electron chi connectivity index (χ3n) is 10.2. The number of carbonyl (C=O) groups excluding carboxylic acids is 4. The number of carbonyl (C=O) groups is 5. The smallest absolute Gasteiger partial charge is 0.305 e. The van der Waals surface area contributed by atoms with Crippen molar-refractivity contribution in [1.82, 2.24) is 9.91 Å². The number of aromatic hydroxyl groups is 1. The van der Waals surface area contributed by atoms with Crippen LogP contribution in [0.3, 0.4) is 0 Å². The lowest BCUT2D eigenvalue weighted by Gasteiger charge is -2.50. The molecule has 3 fully saturated rings. The van der Waals surface area contributed by atoms with Gasteiger partial charge in [0.15, 0.2) is 0 Å². The van der Waals surface area contributed by atoms with E-state index in [1.165, 1.54) is 42.5 Å². The maximum absolute atomic E-state index is 15.0. The van der Waals surface area contributed by atoms with Crippen molar-refractivity contribution < 1.29 is 38.6 Å². The topological polar surface area (TPSA) is 144 Å². The molecule has 2 aliphatic heterocycles. The van der Waals surface area contributed by atoms with Gasteiger partial charge in [-0.15, -0.1) is 0 Å². The number of benzene rings is 3. The van der Waals surface area contributed by atoms with Gasteiger partial charge in [0.1, 0.15) is 11.6 Å². The van der Waals surface area contributed by atoms with Crippen molar-refractivity contribution in [3.63, 3.8) is 0 Å². The van der Waals surface area contributed by atoms with Crippen LogP contribution >= 0.6 is 23.2 Å². The van der Waals surface area contributed by atoms with Crippen molar-refractivity contribution in [3.8, 4) is 5.75 Å². The predicted octanol–water partition coefficient (Wildman–Crippen LogP) is 5.30. The second-order valence-corrected chi connectivity index (χ2v) is 13.4. The molecule has 2 aliphatic carbocycles. The minimum atomic E-state index is -1.68. The molecule has 10 nitrogen and oxygen atoms in total. The van der Waals surface area contributed by atoms with E-state index in [0.29, 0.717) is 16.2 Å². The predicted molar refractivity (Wildman–Crippen MR) is 171 cm³/mol. The number of aliphatic carboxylic acids is 1. The SMILES string of the molecule is O=C(O)CCN1C(=O)[C@H]2[C@H](CC=C3[C@H]2C[C@H]2C(=O)N(Nc4ccc(F)cc4)C(=O)[C@@]2(c2ccc(Cl)cc2)[C@H]3c2cc(Cl)ccc2O)C1=O. The van der Waals surface area contributed by atoms with Crippen molar-refractivity contribution in [2.45, 2.75) is 30.6 Å². The van der Waals surface area contributed by atoms with E-state index in [0.717, 1.165) is 9.91 Å². The Bertz CT molecular complexity index is 1920. The summed E-state index contributed by atoms with van der Waals surface area (Å²) in [5.41, 5.74) is 2.72. The molecule has 7 rings (SSSR count). The molecule has 48 heavy (non-hydrogen) atoms. The number of carboxylic acid groups (broad SMARTS) is 1. The van der Waals surface area contributed by atoms with Gasteiger partial charge in [-0.25, -0.2) is 4.39 Å². The van der Waals surface area contributed by atoms with E-state index in [-0.39, 0.29) is 41.4 Å². The van der Waals surface area contributed by atoms with Crippen LogP contribution in [0.15, 0.2) is 78.4 Å². The summed E-state index contributed by atoms with van der Waals surface area (Å²) in [7, 11) is 0. The zero-order valence-corrected chi connectivity index (χ0v) is 26.6. The molecule has 6 atom stereocenters. The van der Waals surface area contributed by atoms with Crippen molar-refractivity contribution in [1.29, 1.82) is 0 Å². The molecule has 3 aromatic rings. The number of anilines is 1. The van der Waals surface area contributed by atoms with Crippen molar-refractivity contribution in [3.05, 3.63) is 105 Å². The molecule has 0 unspecified atom stereocenters. The third kappa shape index (κ3) is 4.78. The van der Waals surface area contributed by atoms with Gasteiger partial charge < -0.3 is 10.2 Å². The molecular weight excluding hydrogens is 664 g/mol. The molecule has 0 spiro atoms. The number of amides is 4. The highest BCUT2D eigenvalue weighted by Crippen LogP contribution is 2.65. The second kappa shape index (κ2) is 11.7. The van der Waals surface area contributed by atoms with Crippen LogP contribution in [0.5, 0.6) is 5.75 Å². The minimum Gasteiger partial charge on any atom is -0.508 e. The van der Waals surface area contributed by atoms with Crippen LogP contribution in [0.4, 0.5) is 10.1 Å². The lowest BCUT2D eigenvalue weighted by atomic mass is 9.49. The maximum Gasteiger partial charge on any atom is 0.305 e. The zero-order valence-electron chi connectivity index (χ0n) is 25.1. The lowest BCUT2D eigenvalue weighted by molar-refractivity contribution is -0.143. The zero-order chi connectivity index (χ0) is 34.1. The Morgan fingerprint density at radius 2 is 1.60 bits per heavy atom. The van der Waals surface area contributed by atoms with Gasteiger partial charge in [0.25, 0.3) is 11.8 Å². The van der Waals surface area contributed by atoms with E-state index in [2.05, 4.69) is 5.43 Å². The Balaban J connectivity index is 1.44. The lowest BCUT2D eigenvalue weighted by Crippen LogP contribution is -2.53. The normalized spacial score (nSPS) is 27.8. The van der Waals surface area contributed by atoms with Gasteiger partial charge in [0.05, 0.1) is 35.3 Å². The number of allylic oxidation sites excluding steroid dienone is 2. The summed E-state index contributed by atoms with van der Waals surface area (Å²) in [6.45, 7) is -0.286. The quantitative estimate of drug-likeness (QED) is 0.224. The Kier molecular flexibility index (Phi) is 7.79. The number of nitrogens with one attached hydrogen (secondary N) is 1. The fourth-order valence-corrected chi connectivity index (χ4v) is 8.56. The highest BCUT2D eigenvalue weighted by atomic mass is 35.5. The van der Waals surface area contributed by atoms with Crippen LogP contribution in [0, 0.1) is 29.5 Å². The number of phenolic OH excluding ortho intramolecular Hbond substituents is 1. The molecule has 0 bridgehead atoms. The number of phenols is 1. The number of halogens is 3. The Morgan fingerprint density at radius 1 is 0.917 bits per heavy atom. The first-order chi connectivity index (χ1) is 22.9. The number of carboxylic acids is 1. The molecule has 0 aromatic heterocycles. The second-order valence-electron chi connectivity index (χ2n) is 12.5. The molecule has 3 N–H and O–H groups in total. The monoisotopic (exact) mass is 691 g/mol. The number of imide groups is 2. The highest BCUT2D eigenvalue weighted by Gasteiger charge is 2.70.